The summed E-state index contributed by atoms with van der Waals surface area (Å²) < 4.78 is 27.7. The van der Waals surface area contributed by atoms with Gasteiger partial charge >= 0.3 is 0 Å². The molecule has 1 rings (SSSR count). The van der Waals surface area contributed by atoms with E-state index in [9.17, 15) is 8.42 Å². The first-order valence-electron chi connectivity index (χ1n) is 11.2. The van der Waals surface area contributed by atoms with Crippen LogP contribution < -0.4 is 24.0 Å². The molecule has 6 heteroatoms. The molecule has 164 valence electrons. The Balaban J connectivity index is 0.00000676. The molecule has 0 unspecified atom stereocenters. The summed E-state index contributed by atoms with van der Waals surface area (Å²) in [6.45, 7) is 8.85. The van der Waals surface area contributed by atoms with E-state index in [0.29, 0.717) is 18.8 Å². The predicted molar refractivity (Wildman–Crippen MR) is 113 cm³/mol. The molecule has 0 aromatic heterocycles. The minimum Gasteiger partial charge on any atom is -1.00 e. The summed E-state index contributed by atoms with van der Waals surface area (Å²) >= 11 is 0. The number of piperazine rings is 1. The van der Waals surface area contributed by atoms with Crippen LogP contribution in [0.15, 0.2) is 0 Å². The quantitative estimate of drug-likeness (QED) is 0.189. The molecule has 0 atom stereocenters. The van der Waals surface area contributed by atoms with E-state index < -0.39 is 10.0 Å². The molecule has 1 fully saturated rings. The lowest BCUT2D eigenvalue weighted by molar-refractivity contribution is -0.911. The second-order valence-corrected chi connectivity index (χ2v) is 10.6. The minimum atomic E-state index is -3.03. The van der Waals surface area contributed by atoms with Gasteiger partial charge in [-0.1, -0.05) is 77.6 Å². The lowest BCUT2D eigenvalue weighted by Crippen LogP contribution is -3.00. The Labute approximate surface area is 187 Å². The van der Waals surface area contributed by atoms with Gasteiger partial charge in [-0.2, -0.15) is 4.31 Å². The molecule has 0 radical (unpaired) electrons. The number of unbranched alkanes of at least 4 members (excludes halogenated alkanes) is 11. The number of likely N-dealkylation sites (N-methyl/N-ethyl adjacent to an activating group) is 1. The van der Waals surface area contributed by atoms with E-state index in [2.05, 4.69) is 20.9 Å². The average molecular weight is 517 g/mol. The Hall–Kier alpha value is 0.600. The van der Waals surface area contributed by atoms with Crippen LogP contribution in [0.1, 0.15) is 90.9 Å². The van der Waals surface area contributed by atoms with E-state index in [1.165, 1.54) is 64.2 Å². The third-order valence-electron chi connectivity index (χ3n) is 6.19. The van der Waals surface area contributed by atoms with Crippen LogP contribution >= 0.6 is 0 Å². The number of halogens is 1. The number of hydrogen-bond acceptors (Lipinski definition) is 2. The van der Waals surface area contributed by atoms with Crippen molar-refractivity contribution in [1.29, 1.82) is 0 Å². The average Bonchev–Trinajstić information content (AvgIpc) is 2.63. The fourth-order valence-corrected chi connectivity index (χ4v) is 5.33. The standard InChI is InChI=1S/C21H45N2O2S.HI/c1-4-6-7-8-9-10-11-12-13-14-15-16-21-26(24,25)22-17-19-23(3,5-2)20-18-22;/h4-21H2,1-3H3;1H/q+1;/p-1. The van der Waals surface area contributed by atoms with Gasteiger partial charge in [0.1, 0.15) is 0 Å². The highest BCUT2D eigenvalue weighted by molar-refractivity contribution is 7.89. The highest BCUT2D eigenvalue weighted by Gasteiger charge is 2.32. The highest BCUT2D eigenvalue weighted by Crippen LogP contribution is 2.16. The van der Waals surface area contributed by atoms with Crippen LogP contribution in [-0.4, -0.2) is 62.7 Å². The van der Waals surface area contributed by atoms with Gasteiger partial charge in [0, 0.05) is 0 Å². The molecular formula is C21H45IN2O2S. The van der Waals surface area contributed by atoms with Gasteiger partial charge in [0.2, 0.25) is 10.0 Å². The zero-order valence-corrected chi connectivity index (χ0v) is 21.2. The van der Waals surface area contributed by atoms with Crippen molar-refractivity contribution in [1.82, 2.24) is 4.31 Å². The topological polar surface area (TPSA) is 37.4 Å². The predicted octanol–water partition coefficient (Wildman–Crippen LogP) is 1.80. The first-order chi connectivity index (χ1) is 12.4. The monoisotopic (exact) mass is 516 g/mol. The number of quaternary nitrogens is 1. The summed E-state index contributed by atoms with van der Waals surface area (Å²) in [5.74, 6) is 0.347. The zero-order chi connectivity index (χ0) is 19.3. The van der Waals surface area contributed by atoms with Crippen LogP contribution in [0.2, 0.25) is 0 Å². The van der Waals surface area contributed by atoms with Crippen molar-refractivity contribution >= 4 is 10.0 Å². The van der Waals surface area contributed by atoms with Gasteiger partial charge in [-0.3, -0.25) is 0 Å². The van der Waals surface area contributed by atoms with Crippen molar-refractivity contribution in [2.24, 2.45) is 0 Å². The second-order valence-electron chi connectivity index (χ2n) is 8.49. The van der Waals surface area contributed by atoms with E-state index in [1.807, 2.05) is 0 Å². The van der Waals surface area contributed by atoms with Crippen LogP contribution in [0, 0.1) is 0 Å². The van der Waals surface area contributed by atoms with Crippen molar-refractivity contribution in [3.8, 4) is 0 Å². The Kier molecular flexibility index (Phi) is 15.8. The summed E-state index contributed by atoms with van der Waals surface area (Å²) in [5.41, 5.74) is 0. The third-order valence-corrected chi connectivity index (χ3v) is 8.15. The summed E-state index contributed by atoms with van der Waals surface area (Å²) in [6, 6.07) is 0. The lowest BCUT2D eigenvalue weighted by atomic mass is 10.1. The maximum Gasteiger partial charge on any atom is 0.214 e. The number of nitrogens with zero attached hydrogens (tertiary/aromatic N) is 2. The second kappa shape index (κ2) is 15.4. The van der Waals surface area contributed by atoms with E-state index in [1.54, 1.807) is 4.31 Å². The van der Waals surface area contributed by atoms with Crippen molar-refractivity contribution in [2.75, 3.05) is 45.5 Å². The molecule has 1 heterocycles. The summed E-state index contributed by atoms with van der Waals surface area (Å²) in [5, 5.41) is 0. The minimum absolute atomic E-state index is 0. The van der Waals surface area contributed by atoms with E-state index >= 15 is 0 Å². The smallest absolute Gasteiger partial charge is 0.214 e. The normalized spacial score (nSPS) is 17.6. The number of rotatable bonds is 15. The first-order valence-corrected chi connectivity index (χ1v) is 12.9. The van der Waals surface area contributed by atoms with Crippen LogP contribution in [0.4, 0.5) is 0 Å². The van der Waals surface area contributed by atoms with Crippen molar-refractivity contribution in [3.63, 3.8) is 0 Å². The lowest BCUT2D eigenvalue weighted by Gasteiger charge is -2.40. The molecule has 0 aliphatic carbocycles. The summed E-state index contributed by atoms with van der Waals surface area (Å²) in [7, 11) is -0.800. The maximum absolute atomic E-state index is 12.5. The molecule has 0 aromatic rings. The van der Waals surface area contributed by atoms with E-state index in [0.717, 1.165) is 37.0 Å². The van der Waals surface area contributed by atoms with Gasteiger partial charge in [0.05, 0.1) is 45.5 Å². The van der Waals surface area contributed by atoms with Crippen LogP contribution in [0.3, 0.4) is 0 Å². The molecule has 0 aromatic carbocycles. The van der Waals surface area contributed by atoms with E-state index in [-0.39, 0.29) is 24.0 Å². The van der Waals surface area contributed by atoms with Gasteiger partial charge in [-0.15, -0.1) is 0 Å². The molecule has 4 nitrogen and oxygen atoms in total. The summed E-state index contributed by atoms with van der Waals surface area (Å²) in [4.78, 5) is 0. The number of hydrogen-bond donors (Lipinski definition) is 0. The molecule has 27 heavy (non-hydrogen) atoms. The Bertz CT molecular complexity index is 449. The van der Waals surface area contributed by atoms with Gasteiger partial charge < -0.3 is 28.5 Å². The largest absolute Gasteiger partial charge is 1.00 e. The van der Waals surface area contributed by atoms with Crippen molar-refractivity contribution < 1.29 is 36.9 Å². The van der Waals surface area contributed by atoms with Gasteiger partial charge in [-0.25, -0.2) is 8.42 Å². The fraction of sp³-hybridized carbons (Fsp3) is 1.00. The molecule has 0 amide bonds. The molecule has 0 N–H and O–H groups in total. The molecule has 0 saturated carbocycles. The Morgan fingerprint density at radius 3 is 1.56 bits per heavy atom. The molecule has 1 aliphatic rings. The van der Waals surface area contributed by atoms with E-state index in [4.69, 9.17) is 0 Å². The SMILES string of the molecule is CCCCCCCCCCCCCCS(=O)(=O)N1CC[N+](C)(CC)CC1.[I-]. The van der Waals surface area contributed by atoms with Crippen LogP contribution in [0.5, 0.6) is 0 Å². The third kappa shape index (κ3) is 12.0. The maximum atomic E-state index is 12.5. The first kappa shape index (κ1) is 27.6. The molecule has 1 aliphatic heterocycles. The molecule has 0 bridgehead atoms. The van der Waals surface area contributed by atoms with Crippen LogP contribution in [-0.2, 0) is 10.0 Å². The highest BCUT2D eigenvalue weighted by atomic mass is 127. The Morgan fingerprint density at radius 2 is 1.15 bits per heavy atom. The Morgan fingerprint density at radius 1 is 0.741 bits per heavy atom. The van der Waals surface area contributed by atoms with Gasteiger partial charge in [0.25, 0.3) is 0 Å². The van der Waals surface area contributed by atoms with Crippen molar-refractivity contribution in [2.45, 2.75) is 90.9 Å². The summed E-state index contributed by atoms with van der Waals surface area (Å²) in [6.07, 6.45) is 15.3. The zero-order valence-electron chi connectivity index (χ0n) is 18.2. The van der Waals surface area contributed by atoms with Gasteiger partial charge in [0.15, 0.2) is 0 Å². The molecular weight excluding hydrogens is 471 g/mol. The number of sulfonamides is 1. The van der Waals surface area contributed by atoms with Crippen molar-refractivity contribution in [3.05, 3.63) is 0 Å². The van der Waals surface area contributed by atoms with Crippen LogP contribution in [0.25, 0.3) is 0 Å². The fourth-order valence-electron chi connectivity index (χ4n) is 3.78. The van der Waals surface area contributed by atoms with Gasteiger partial charge in [-0.05, 0) is 13.3 Å². The molecule has 1 saturated heterocycles. The molecule has 0 spiro atoms.